The van der Waals surface area contributed by atoms with Crippen molar-refractivity contribution in [1.29, 1.82) is 0 Å². The minimum absolute atomic E-state index is 0.0182. The third-order valence-electron chi connectivity index (χ3n) is 4.95. The highest BCUT2D eigenvalue weighted by atomic mass is 16.4. The molecule has 0 bridgehead atoms. The predicted octanol–water partition coefficient (Wildman–Crippen LogP) is 2.49. The quantitative estimate of drug-likeness (QED) is 0.639. The second kappa shape index (κ2) is 7.22. The smallest absolute Gasteiger partial charge is 0.298 e. The summed E-state index contributed by atoms with van der Waals surface area (Å²) in [6.45, 7) is 1.33. The Morgan fingerprint density at radius 2 is 1.93 bits per heavy atom. The number of anilines is 2. The first-order chi connectivity index (χ1) is 13.5. The number of benzene rings is 2. The van der Waals surface area contributed by atoms with Crippen LogP contribution in [0.2, 0.25) is 0 Å². The molecule has 8 nitrogen and oxygen atoms in total. The van der Waals surface area contributed by atoms with Crippen LogP contribution in [0.5, 0.6) is 5.75 Å². The molecule has 1 aliphatic heterocycles. The summed E-state index contributed by atoms with van der Waals surface area (Å²) in [6, 6.07) is 12.4. The number of aromatic hydroxyl groups is 1. The van der Waals surface area contributed by atoms with E-state index in [0.717, 1.165) is 11.1 Å². The number of piperidine rings is 1. The molecule has 0 radical (unpaired) electrons. The van der Waals surface area contributed by atoms with E-state index in [1.165, 1.54) is 12.1 Å². The van der Waals surface area contributed by atoms with Gasteiger partial charge in [0.25, 0.3) is 11.9 Å². The van der Waals surface area contributed by atoms with Crippen LogP contribution in [0, 0.1) is 5.92 Å². The Kier molecular flexibility index (Phi) is 4.60. The number of fused-ring (bicyclic) bond motifs is 1. The van der Waals surface area contributed by atoms with Gasteiger partial charge in [0.05, 0.1) is 5.56 Å². The highest BCUT2D eigenvalue weighted by molar-refractivity contribution is 5.97. The van der Waals surface area contributed by atoms with Crippen LogP contribution in [0.1, 0.15) is 23.2 Å². The van der Waals surface area contributed by atoms with Gasteiger partial charge in [0, 0.05) is 30.8 Å². The summed E-state index contributed by atoms with van der Waals surface area (Å²) in [4.78, 5) is 30.2. The molecule has 0 saturated carbocycles. The molecule has 4 N–H and O–H groups in total. The average Bonchev–Trinajstić information content (AvgIpc) is 3.12. The van der Waals surface area contributed by atoms with E-state index >= 15 is 0 Å². The fraction of sp³-hybridized carbons (Fsp3) is 0.250. The summed E-state index contributed by atoms with van der Waals surface area (Å²) >= 11 is 0. The number of para-hydroxylation sites is 2. The van der Waals surface area contributed by atoms with Crippen LogP contribution in [0.25, 0.3) is 11.1 Å². The van der Waals surface area contributed by atoms with Crippen LogP contribution >= 0.6 is 0 Å². The molecule has 1 saturated heterocycles. The molecule has 0 atom stereocenters. The minimum Gasteiger partial charge on any atom is -0.507 e. The van der Waals surface area contributed by atoms with E-state index in [1.807, 2.05) is 29.2 Å². The van der Waals surface area contributed by atoms with Crippen molar-refractivity contribution in [2.24, 2.45) is 11.7 Å². The highest BCUT2D eigenvalue weighted by Gasteiger charge is 2.27. The molecule has 2 heterocycles. The van der Waals surface area contributed by atoms with Crippen molar-refractivity contribution < 1.29 is 19.1 Å². The zero-order chi connectivity index (χ0) is 19.7. The Balaban J connectivity index is 1.37. The van der Waals surface area contributed by atoms with E-state index in [9.17, 15) is 14.7 Å². The molecular weight excluding hydrogens is 360 g/mol. The number of carbonyl (C=O) groups excluding carboxylic acids is 2. The summed E-state index contributed by atoms with van der Waals surface area (Å²) in [5.41, 5.74) is 7.17. The Bertz CT molecular complexity index is 1000. The number of nitrogens with one attached hydrogen (secondary N) is 1. The molecule has 0 spiro atoms. The molecule has 1 fully saturated rings. The number of phenols is 1. The number of hydrogen-bond donors (Lipinski definition) is 3. The van der Waals surface area contributed by atoms with Gasteiger partial charge in [-0.1, -0.05) is 12.1 Å². The molecule has 144 valence electrons. The van der Waals surface area contributed by atoms with Crippen molar-refractivity contribution in [3.8, 4) is 5.75 Å². The minimum atomic E-state index is -0.720. The molecule has 2 amide bonds. The largest absolute Gasteiger partial charge is 0.507 e. The average molecular weight is 380 g/mol. The number of carbonyl (C=O) groups is 2. The Hall–Kier alpha value is -3.55. The molecule has 4 rings (SSSR count). The zero-order valence-electron chi connectivity index (χ0n) is 15.1. The second-order valence-electron chi connectivity index (χ2n) is 6.81. The topological polar surface area (TPSA) is 122 Å². The van der Waals surface area contributed by atoms with Gasteiger partial charge in [-0.15, -0.1) is 0 Å². The van der Waals surface area contributed by atoms with Gasteiger partial charge >= 0.3 is 0 Å². The number of rotatable bonds is 4. The van der Waals surface area contributed by atoms with Crippen LogP contribution in [-0.2, 0) is 4.79 Å². The zero-order valence-corrected chi connectivity index (χ0v) is 15.1. The number of primary amides is 1. The number of nitrogens with zero attached hydrogens (tertiary/aromatic N) is 2. The summed E-state index contributed by atoms with van der Waals surface area (Å²) in [7, 11) is 0. The normalized spacial score (nSPS) is 14.9. The number of hydrogen-bond acceptors (Lipinski definition) is 6. The van der Waals surface area contributed by atoms with Crippen LogP contribution in [0.3, 0.4) is 0 Å². The monoisotopic (exact) mass is 380 g/mol. The Labute approximate surface area is 160 Å². The van der Waals surface area contributed by atoms with Gasteiger partial charge in [0.1, 0.15) is 11.3 Å². The van der Waals surface area contributed by atoms with Gasteiger partial charge in [0.15, 0.2) is 5.58 Å². The van der Waals surface area contributed by atoms with E-state index < -0.39 is 5.91 Å². The fourth-order valence-electron chi connectivity index (χ4n) is 3.39. The lowest BCUT2D eigenvalue weighted by molar-refractivity contribution is -0.120. The molecular formula is C20H20N4O4. The Morgan fingerprint density at radius 3 is 2.61 bits per heavy atom. The van der Waals surface area contributed by atoms with E-state index in [-0.39, 0.29) is 23.1 Å². The van der Waals surface area contributed by atoms with Crippen molar-refractivity contribution in [2.75, 3.05) is 23.3 Å². The number of oxazole rings is 1. The summed E-state index contributed by atoms with van der Waals surface area (Å²) in [5.74, 6) is -1.25. The van der Waals surface area contributed by atoms with Gasteiger partial charge < -0.3 is 25.5 Å². The van der Waals surface area contributed by atoms with E-state index in [0.29, 0.717) is 37.6 Å². The van der Waals surface area contributed by atoms with Gasteiger partial charge in [-0.2, -0.15) is 4.98 Å². The van der Waals surface area contributed by atoms with Gasteiger partial charge in [0.2, 0.25) is 5.91 Å². The first-order valence-corrected chi connectivity index (χ1v) is 9.05. The second-order valence-corrected chi connectivity index (χ2v) is 6.81. The lowest BCUT2D eigenvalue weighted by Gasteiger charge is -2.30. The summed E-state index contributed by atoms with van der Waals surface area (Å²) in [6.07, 6.45) is 1.33. The SMILES string of the molecule is NC(=O)c1ccc(NC(=O)C2CCN(c3nc4ccccc4o3)CC2)cc1O. The van der Waals surface area contributed by atoms with Crippen LogP contribution in [0.15, 0.2) is 46.9 Å². The molecule has 1 aromatic heterocycles. The van der Waals surface area contributed by atoms with E-state index in [4.69, 9.17) is 10.2 Å². The number of aromatic nitrogens is 1. The standard InChI is InChI=1S/C20H20N4O4/c21-18(26)14-6-5-13(11-16(14)25)22-19(27)12-7-9-24(10-8-12)20-23-15-3-1-2-4-17(15)28-20/h1-6,11-12,25H,7-10H2,(H2,21,26)(H,22,27). The number of amides is 2. The molecule has 1 aliphatic rings. The van der Waals surface area contributed by atoms with E-state index in [2.05, 4.69) is 10.3 Å². The van der Waals surface area contributed by atoms with Crippen molar-refractivity contribution >= 4 is 34.6 Å². The Morgan fingerprint density at radius 1 is 1.18 bits per heavy atom. The maximum Gasteiger partial charge on any atom is 0.298 e. The first kappa shape index (κ1) is 17.8. The summed E-state index contributed by atoms with van der Waals surface area (Å²) in [5, 5.41) is 12.6. The first-order valence-electron chi connectivity index (χ1n) is 9.05. The lowest BCUT2D eigenvalue weighted by Crippen LogP contribution is -2.38. The maximum absolute atomic E-state index is 12.5. The van der Waals surface area contributed by atoms with Crippen LogP contribution in [-0.4, -0.2) is 35.0 Å². The van der Waals surface area contributed by atoms with E-state index in [1.54, 1.807) is 6.07 Å². The van der Waals surface area contributed by atoms with Crippen LogP contribution in [0.4, 0.5) is 11.7 Å². The molecule has 0 unspecified atom stereocenters. The van der Waals surface area contributed by atoms with Crippen molar-refractivity contribution in [3.05, 3.63) is 48.0 Å². The van der Waals surface area contributed by atoms with Gasteiger partial charge in [-0.3, -0.25) is 9.59 Å². The van der Waals surface area contributed by atoms with Crippen LogP contribution < -0.4 is 16.0 Å². The summed E-state index contributed by atoms with van der Waals surface area (Å²) < 4.78 is 5.79. The predicted molar refractivity (Wildman–Crippen MR) is 104 cm³/mol. The molecule has 0 aliphatic carbocycles. The van der Waals surface area contributed by atoms with Crippen molar-refractivity contribution in [1.82, 2.24) is 4.98 Å². The maximum atomic E-state index is 12.5. The fourth-order valence-corrected chi connectivity index (χ4v) is 3.39. The third kappa shape index (κ3) is 3.48. The van der Waals surface area contributed by atoms with Gasteiger partial charge in [-0.25, -0.2) is 0 Å². The molecule has 3 aromatic rings. The van der Waals surface area contributed by atoms with Crippen molar-refractivity contribution in [2.45, 2.75) is 12.8 Å². The molecule has 2 aromatic carbocycles. The van der Waals surface area contributed by atoms with Crippen molar-refractivity contribution in [3.63, 3.8) is 0 Å². The number of nitrogens with two attached hydrogens (primary N) is 1. The lowest BCUT2D eigenvalue weighted by atomic mass is 9.96. The third-order valence-corrected chi connectivity index (χ3v) is 4.95. The molecule has 28 heavy (non-hydrogen) atoms. The molecule has 8 heteroatoms. The van der Waals surface area contributed by atoms with Gasteiger partial charge in [-0.05, 0) is 37.1 Å². The highest BCUT2D eigenvalue weighted by Crippen LogP contribution is 2.27.